The lowest BCUT2D eigenvalue weighted by Crippen LogP contribution is -2.18. The van der Waals surface area contributed by atoms with Gasteiger partial charge in [0.1, 0.15) is 0 Å². The maximum atomic E-state index is 10.6. The second kappa shape index (κ2) is 5.90. The Balaban J connectivity index is 1.95. The number of rotatable bonds is 5. The summed E-state index contributed by atoms with van der Waals surface area (Å²) in [6.45, 7) is 4.71. The Hall–Kier alpha value is -1.79. The molecule has 5 nitrogen and oxygen atoms in total. The first-order valence-electron chi connectivity index (χ1n) is 5.95. The van der Waals surface area contributed by atoms with Crippen LogP contribution in [-0.4, -0.2) is 9.91 Å². The number of non-ortho nitro benzene ring substituents is 1. The van der Waals surface area contributed by atoms with Gasteiger partial charge in [0, 0.05) is 30.1 Å². The van der Waals surface area contributed by atoms with E-state index in [-0.39, 0.29) is 16.7 Å². The number of nitro groups is 1. The molecule has 0 aliphatic rings. The lowest BCUT2D eigenvalue weighted by Gasteiger charge is -2.13. The number of thiazole rings is 1. The van der Waals surface area contributed by atoms with Gasteiger partial charge in [0.15, 0.2) is 0 Å². The predicted octanol–water partition coefficient (Wildman–Crippen LogP) is 3.21. The number of benzene rings is 1. The first kappa shape index (κ1) is 13.6. The van der Waals surface area contributed by atoms with Crippen LogP contribution in [0.1, 0.15) is 29.2 Å². The molecule has 100 valence electrons. The Morgan fingerprint density at radius 3 is 2.63 bits per heavy atom. The van der Waals surface area contributed by atoms with E-state index in [1.54, 1.807) is 23.5 Å². The summed E-state index contributed by atoms with van der Waals surface area (Å²) in [6.07, 6.45) is 0. The van der Waals surface area contributed by atoms with Crippen LogP contribution in [0.4, 0.5) is 5.69 Å². The van der Waals surface area contributed by atoms with Crippen LogP contribution < -0.4 is 5.32 Å². The number of nitrogens with zero attached hydrogens (tertiary/aromatic N) is 2. The van der Waals surface area contributed by atoms with Crippen LogP contribution in [0.25, 0.3) is 0 Å². The molecule has 2 aromatic rings. The topological polar surface area (TPSA) is 68.1 Å². The molecule has 0 saturated carbocycles. The van der Waals surface area contributed by atoms with Crippen LogP contribution in [0.2, 0.25) is 0 Å². The summed E-state index contributed by atoms with van der Waals surface area (Å²) in [6, 6.07) is 6.74. The van der Waals surface area contributed by atoms with Crippen molar-refractivity contribution in [2.75, 3.05) is 0 Å². The summed E-state index contributed by atoms with van der Waals surface area (Å²) < 4.78 is 0. The molecule has 0 fully saturated rings. The first-order chi connectivity index (χ1) is 9.06. The average molecular weight is 277 g/mol. The molecule has 1 heterocycles. The predicted molar refractivity (Wildman–Crippen MR) is 75.2 cm³/mol. The van der Waals surface area contributed by atoms with Crippen LogP contribution in [0.5, 0.6) is 0 Å². The molecule has 6 heteroatoms. The van der Waals surface area contributed by atoms with Gasteiger partial charge < -0.3 is 5.32 Å². The van der Waals surface area contributed by atoms with E-state index < -0.39 is 0 Å². The Bertz CT molecular complexity index is 566. The van der Waals surface area contributed by atoms with Gasteiger partial charge in [-0.3, -0.25) is 10.1 Å². The molecule has 0 radical (unpaired) electrons. The van der Waals surface area contributed by atoms with Crippen molar-refractivity contribution in [1.82, 2.24) is 10.3 Å². The third-order valence-corrected chi connectivity index (χ3v) is 3.68. The lowest BCUT2D eigenvalue weighted by molar-refractivity contribution is -0.384. The van der Waals surface area contributed by atoms with Crippen molar-refractivity contribution in [2.24, 2.45) is 0 Å². The Kier molecular flexibility index (Phi) is 4.24. The van der Waals surface area contributed by atoms with Crippen molar-refractivity contribution in [1.29, 1.82) is 0 Å². The quantitative estimate of drug-likeness (QED) is 0.673. The molecule has 0 aliphatic heterocycles. The summed E-state index contributed by atoms with van der Waals surface area (Å²) in [5.74, 6) is 0. The van der Waals surface area contributed by atoms with Crippen molar-refractivity contribution in [2.45, 2.75) is 26.4 Å². The second-order valence-electron chi connectivity index (χ2n) is 4.31. The third-order valence-electron chi connectivity index (χ3n) is 2.86. The normalized spacial score (nSPS) is 12.3. The molecule has 0 bridgehead atoms. The van der Waals surface area contributed by atoms with E-state index >= 15 is 0 Å². The van der Waals surface area contributed by atoms with Gasteiger partial charge in [-0.25, -0.2) is 4.98 Å². The van der Waals surface area contributed by atoms with Crippen LogP contribution in [0, 0.1) is 17.0 Å². The molecule has 1 N–H and O–H groups in total. The van der Waals surface area contributed by atoms with Crippen molar-refractivity contribution in [3.63, 3.8) is 0 Å². The molecular weight excluding hydrogens is 262 g/mol. The Morgan fingerprint density at radius 1 is 1.42 bits per heavy atom. The molecule has 1 aromatic heterocycles. The van der Waals surface area contributed by atoms with E-state index in [1.807, 2.05) is 19.2 Å². The number of aromatic nitrogens is 1. The van der Waals surface area contributed by atoms with Crippen LogP contribution in [0.3, 0.4) is 0 Å². The minimum absolute atomic E-state index is 0.117. The maximum absolute atomic E-state index is 10.6. The zero-order valence-corrected chi connectivity index (χ0v) is 11.6. The molecular formula is C13H15N3O2S. The van der Waals surface area contributed by atoms with E-state index in [4.69, 9.17) is 0 Å². The van der Waals surface area contributed by atoms with E-state index in [1.165, 1.54) is 12.1 Å². The zero-order valence-electron chi connectivity index (χ0n) is 10.8. The summed E-state index contributed by atoms with van der Waals surface area (Å²) in [5, 5.41) is 17.0. The van der Waals surface area contributed by atoms with E-state index in [0.29, 0.717) is 6.54 Å². The molecule has 0 spiro atoms. The molecule has 1 unspecified atom stereocenters. The number of hydrogen-bond donors (Lipinski definition) is 1. The highest BCUT2D eigenvalue weighted by molar-refractivity contribution is 7.09. The highest BCUT2D eigenvalue weighted by atomic mass is 32.1. The van der Waals surface area contributed by atoms with Crippen LogP contribution in [0.15, 0.2) is 29.6 Å². The van der Waals surface area contributed by atoms with E-state index in [0.717, 1.165) is 16.3 Å². The average Bonchev–Trinajstić information content (AvgIpc) is 2.82. The van der Waals surface area contributed by atoms with Crippen molar-refractivity contribution in [3.05, 3.63) is 56.0 Å². The van der Waals surface area contributed by atoms with Gasteiger partial charge in [-0.2, -0.15) is 0 Å². The third kappa shape index (κ3) is 3.59. The van der Waals surface area contributed by atoms with Crippen molar-refractivity contribution >= 4 is 17.0 Å². The van der Waals surface area contributed by atoms with Gasteiger partial charge >= 0.3 is 0 Å². The summed E-state index contributed by atoms with van der Waals surface area (Å²) in [4.78, 5) is 14.6. The molecule has 0 saturated heterocycles. The van der Waals surface area contributed by atoms with Gasteiger partial charge in [-0.15, -0.1) is 11.3 Å². The molecule has 19 heavy (non-hydrogen) atoms. The minimum Gasteiger partial charge on any atom is -0.305 e. The molecule has 0 amide bonds. The van der Waals surface area contributed by atoms with Crippen molar-refractivity contribution < 1.29 is 4.92 Å². The summed E-state index contributed by atoms with van der Waals surface area (Å²) >= 11 is 1.63. The Labute approximate surface area is 115 Å². The lowest BCUT2D eigenvalue weighted by atomic mass is 10.1. The Morgan fingerprint density at radius 2 is 2.11 bits per heavy atom. The first-order valence-corrected chi connectivity index (χ1v) is 6.83. The standard InChI is InChI=1S/C13H15N3O2S/c1-9(14-7-12-8-19-10(2)15-12)11-3-5-13(6-4-11)16(17)18/h3-6,8-9,14H,7H2,1-2H3. The SMILES string of the molecule is Cc1nc(CNC(C)c2ccc([N+](=O)[O-])cc2)cs1. The van der Waals surface area contributed by atoms with Gasteiger partial charge in [0.2, 0.25) is 0 Å². The van der Waals surface area contributed by atoms with Gasteiger partial charge in [0.25, 0.3) is 5.69 Å². The second-order valence-corrected chi connectivity index (χ2v) is 5.37. The van der Waals surface area contributed by atoms with E-state index in [2.05, 4.69) is 10.3 Å². The molecule has 0 aliphatic carbocycles. The van der Waals surface area contributed by atoms with Gasteiger partial charge in [-0.05, 0) is 19.4 Å². The van der Waals surface area contributed by atoms with Crippen molar-refractivity contribution in [3.8, 4) is 0 Å². The fraction of sp³-hybridized carbons (Fsp3) is 0.308. The number of nitrogens with one attached hydrogen (secondary N) is 1. The molecule has 1 atom stereocenters. The highest BCUT2D eigenvalue weighted by Gasteiger charge is 2.09. The molecule has 1 aromatic carbocycles. The number of hydrogen-bond acceptors (Lipinski definition) is 5. The van der Waals surface area contributed by atoms with Gasteiger partial charge in [0.05, 0.1) is 15.6 Å². The fourth-order valence-electron chi connectivity index (χ4n) is 1.75. The van der Waals surface area contributed by atoms with E-state index in [9.17, 15) is 10.1 Å². The summed E-state index contributed by atoms with van der Waals surface area (Å²) in [7, 11) is 0. The molecule has 2 rings (SSSR count). The smallest absolute Gasteiger partial charge is 0.269 e. The van der Waals surface area contributed by atoms with Gasteiger partial charge in [-0.1, -0.05) is 12.1 Å². The largest absolute Gasteiger partial charge is 0.305 e. The highest BCUT2D eigenvalue weighted by Crippen LogP contribution is 2.18. The van der Waals surface area contributed by atoms with Crippen LogP contribution in [-0.2, 0) is 6.54 Å². The number of aryl methyl sites for hydroxylation is 1. The zero-order chi connectivity index (χ0) is 13.8. The summed E-state index contributed by atoms with van der Waals surface area (Å²) in [5.41, 5.74) is 2.17. The van der Waals surface area contributed by atoms with Crippen LogP contribution >= 0.6 is 11.3 Å². The number of nitro benzene ring substituents is 1. The monoisotopic (exact) mass is 277 g/mol. The minimum atomic E-state index is -0.389. The maximum Gasteiger partial charge on any atom is 0.269 e. The fourth-order valence-corrected chi connectivity index (χ4v) is 2.36.